The summed E-state index contributed by atoms with van der Waals surface area (Å²) in [6.45, 7) is 1.72. The molecular weight excluding hydrogens is 248 g/mol. The van der Waals surface area contributed by atoms with Crippen LogP contribution in [0.5, 0.6) is 11.5 Å². The summed E-state index contributed by atoms with van der Waals surface area (Å²) in [7, 11) is 0. The van der Waals surface area contributed by atoms with Crippen molar-refractivity contribution < 1.29 is 28.2 Å². The van der Waals surface area contributed by atoms with Crippen LogP contribution < -0.4 is 14.8 Å². The average Bonchev–Trinajstić information content (AvgIpc) is 2.58. The highest BCUT2D eigenvalue weighted by atomic mass is 19.3. The molecule has 0 radical (unpaired) electrons. The second kappa shape index (κ2) is 4.32. The Morgan fingerprint density at radius 1 is 1.44 bits per heavy atom. The first-order valence-electron chi connectivity index (χ1n) is 5.24. The number of hydrogen-bond donors (Lipinski definition) is 2. The zero-order valence-corrected chi connectivity index (χ0v) is 9.44. The van der Waals surface area contributed by atoms with Crippen molar-refractivity contribution in [2.75, 3.05) is 11.9 Å². The lowest BCUT2D eigenvalue weighted by atomic mass is 10.2. The first-order valence-corrected chi connectivity index (χ1v) is 5.24. The van der Waals surface area contributed by atoms with Crippen LogP contribution in [-0.4, -0.2) is 23.9 Å². The summed E-state index contributed by atoms with van der Waals surface area (Å²) in [5.74, 6) is -1.64. The second-order valence-corrected chi connectivity index (χ2v) is 3.95. The maximum atomic E-state index is 12.7. The summed E-state index contributed by atoms with van der Waals surface area (Å²) < 4.78 is 34.0. The molecule has 1 aliphatic rings. The molecule has 0 saturated heterocycles. The van der Waals surface area contributed by atoms with Crippen LogP contribution >= 0.6 is 0 Å². The van der Waals surface area contributed by atoms with E-state index in [2.05, 4.69) is 14.8 Å². The summed E-state index contributed by atoms with van der Waals surface area (Å²) in [4.78, 5) is 10.6. The third-order valence-electron chi connectivity index (χ3n) is 2.44. The third kappa shape index (κ3) is 2.61. The summed E-state index contributed by atoms with van der Waals surface area (Å²) in [6.07, 6.45) is -3.64. The highest BCUT2D eigenvalue weighted by molar-refractivity contribution is 5.70. The Hall–Kier alpha value is -2.05. The van der Waals surface area contributed by atoms with E-state index in [1.54, 1.807) is 0 Å². The number of halogens is 2. The smallest absolute Gasteiger partial charge is 0.481 e. The monoisotopic (exact) mass is 259 g/mol. The van der Waals surface area contributed by atoms with Crippen molar-refractivity contribution in [2.24, 2.45) is 5.92 Å². The molecule has 0 spiro atoms. The Morgan fingerprint density at radius 2 is 2.11 bits per heavy atom. The molecule has 2 rings (SSSR count). The number of rotatable bonds is 4. The topological polar surface area (TPSA) is 67.8 Å². The van der Waals surface area contributed by atoms with Crippen LogP contribution in [0, 0.1) is 5.92 Å². The Morgan fingerprint density at radius 3 is 2.78 bits per heavy atom. The van der Waals surface area contributed by atoms with Gasteiger partial charge < -0.3 is 19.9 Å². The molecule has 98 valence electrons. The average molecular weight is 259 g/mol. The molecule has 0 bridgehead atoms. The van der Waals surface area contributed by atoms with Gasteiger partial charge in [0.15, 0.2) is 11.5 Å². The lowest BCUT2D eigenvalue weighted by molar-refractivity contribution is -0.286. The second-order valence-electron chi connectivity index (χ2n) is 3.95. The predicted molar refractivity (Wildman–Crippen MR) is 57.9 cm³/mol. The van der Waals surface area contributed by atoms with Crippen molar-refractivity contribution in [1.82, 2.24) is 0 Å². The molecule has 2 N–H and O–H groups in total. The molecule has 0 saturated carbocycles. The van der Waals surface area contributed by atoms with Crippen LogP contribution in [0.3, 0.4) is 0 Å². The summed E-state index contributed by atoms with van der Waals surface area (Å²) in [5, 5.41) is 11.5. The molecule has 0 aliphatic carbocycles. The number of fused-ring (bicyclic) bond motifs is 1. The molecule has 0 amide bonds. The SMILES string of the molecule is CC(CNc1ccc2c(c1)OC(F)(F)O2)C(=O)O. The van der Waals surface area contributed by atoms with Gasteiger partial charge in [0.05, 0.1) is 5.92 Å². The van der Waals surface area contributed by atoms with Gasteiger partial charge in [-0.3, -0.25) is 4.79 Å². The maximum Gasteiger partial charge on any atom is 0.586 e. The van der Waals surface area contributed by atoms with Gasteiger partial charge in [0, 0.05) is 18.3 Å². The number of benzene rings is 1. The minimum absolute atomic E-state index is 0.0446. The number of anilines is 1. The number of carboxylic acid groups (broad SMARTS) is 1. The Kier molecular flexibility index (Phi) is 2.98. The fourth-order valence-corrected chi connectivity index (χ4v) is 1.42. The third-order valence-corrected chi connectivity index (χ3v) is 2.44. The minimum Gasteiger partial charge on any atom is -0.481 e. The van der Waals surface area contributed by atoms with Gasteiger partial charge in [-0.1, -0.05) is 6.92 Å². The molecule has 18 heavy (non-hydrogen) atoms. The standard InChI is InChI=1S/C11H11F2NO4/c1-6(10(15)16)5-14-7-2-3-8-9(4-7)18-11(12,13)17-8/h2-4,6,14H,5H2,1H3,(H,15,16). The highest BCUT2D eigenvalue weighted by Crippen LogP contribution is 2.42. The molecule has 1 aromatic rings. The van der Waals surface area contributed by atoms with Crippen LogP contribution in [0.15, 0.2) is 18.2 Å². The van der Waals surface area contributed by atoms with E-state index in [-0.39, 0.29) is 18.0 Å². The van der Waals surface area contributed by atoms with Crippen molar-refractivity contribution in [3.63, 3.8) is 0 Å². The minimum atomic E-state index is -3.64. The van der Waals surface area contributed by atoms with Gasteiger partial charge in [-0.25, -0.2) is 0 Å². The fraction of sp³-hybridized carbons (Fsp3) is 0.364. The number of alkyl halides is 2. The van der Waals surface area contributed by atoms with Crippen LogP contribution in [-0.2, 0) is 4.79 Å². The van der Waals surface area contributed by atoms with Crippen LogP contribution in [0.2, 0.25) is 0 Å². The van der Waals surface area contributed by atoms with E-state index in [4.69, 9.17) is 5.11 Å². The normalized spacial score (nSPS) is 17.3. The van der Waals surface area contributed by atoms with E-state index in [9.17, 15) is 13.6 Å². The first-order chi connectivity index (χ1) is 8.37. The van der Waals surface area contributed by atoms with Crippen molar-refractivity contribution in [2.45, 2.75) is 13.2 Å². The number of aliphatic carboxylic acids is 1. The highest BCUT2D eigenvalue weighted by Gasteiger charge is 2.43. The van der Waals surface area contributed by atoms with E-state index in [0.717, 1.165) is 0 Å². The van der Waals surface area contributed by atoms with E-state index >= 15 is 0 Å². The van der Waals surface area contributed by atoms with E-state index in [0.29, 0.717) is 5.69 Å². The number of ether oxygens (including phenoxy) is 2. The summed E-state index contributed by atoms with van der Waals surface area (Å²) in [6, 6.07) is 4.19. The first kappa shape index (κ1) is 12.4. The van der Waals surface area contributed by atoms with Gasteiger partial charge in [0.2, 0.25) is 0 Å². The molecule has 1 aliphatic heterocycles. The quantitative estimate of drug-likeness (QED) is 0.867. The number of nitrogens with one attached hydrogen (secondary N) is 1. The maximum absolute atomic E-state index is 12.7. The molecule has 5 nitrogen and oxygen atoms in total. The summed E-state index contributed by atoms with van der Waals surface area (Å²) in [5.41, 5.74) is 0.489. The van der Waals surface area contributed by atoms with Gasteiger partial charge in [-0.2, -0.15) is 0 Å². The van der Waals surface area contributed by atoms with Crippen LogP contribution in [0.4, 0.5) is 14.5 Å². The lowest BCUT2D eigenvalue weighted by Gasteiger charge is -2.09. The van der Waals surface area contributed by atoms with Gasteiger partial charge >= 0.3 is 12.3 Å². The van der Waals surface area contributed by atoms with Crippen LogP contribution in [0.1, 0.15) is 6.92 Å². The number of carbonyl (C=O) groups is 1. The molecule has 0 fully saturated rings. The Bertz CT molecular complexity index is 478. The summed E-state index contributed by atoms with van der Waals surface area (Å²) >= 11 is 0. The van der Waals surface area contributed by atoms with E-state index in [1.807, 2.05) is 0 Å². The van der Waals surface area contributed by atoms with Crippen molar-refractivity contribution in [3.8, 4) is 11.5 Å². The van der Waals surface area contributed by atoms with Gasteiger partial charge in [0.25, 0.3) is 0 Å². The molecule has 7 heteroatoms. The molecule has 1 heterocycles. The van der Waals surface area contributed by atoms with E-state index < -0.39 is 18.2 Å². The largest absolute Gasteiger partial charge is 0.586 e. The van der Waals surface area contributed by atoms with Gasteiger partial charge in [0.1, 0.15) is 0 Å². The zero-order chi connectivity index (χ0) is 13.3. The van der Waals surface area contributed by atoms with Crippen molar-refractivity contribution >= 4 is 11.7 Å². The Balaban J connectivity index is 2.03. The lowest BCUT2D eigenvalue weighted by Crippen LogP contribution is -2.25. The van der Waals surface area contributed by atoms with Gasteiger partial charge in [-0.05, 0) is 12.1 Å². The predicted octanol–water partition coefficient (Wildman–Crippen LogP) is 2.14. The molecule has 1 aromatic carbocycles. The van der Waals surface area contributed by atoms with Crippen LogP contribution in [0.25, 0.3) is 0 Å². The molecule has 0 aromatic heterocycles. The molecule has 1 unspecified atom stereocenters. The molecule has 1 atom stereocenters. The number of carboxylic acids is 1. The fourth-order valence-electron chi connectivity index (χ4n) is 1.42. The van der Waals surface area contributed by atoms with Gasteiger partial charge in [-0.15, -0.1) is 8.78 Å². The number of hydrogen-bond acceptors (Lipinski definition) is 4. The van der Waals surface area contributed by atoms with Crippen molar-refractivity contribution in [3.05, 3.63) is 18.2 Å². The molecular formula is C11H11F2NO4. The van der Waals surface area contributed by atoms with E-state index in [1.165, 1.54) is 25.1 Å². The zero-order valence-electron chi connectivity index (χ0n) is 9.44. The Labute approximate surface area is 101 Å². The van der Waals surface area contributed by atoms with Crippen molar-refractivity contribution in [1.29, 1.82) is 0 Å².